The van der Waals surface area contributed by atoms with Crippen LogP contribution in [-0.4, -0.2) is 52.8 Å². The Morgan fingerprint density at radius 2 is 1.38 bits per heavy atom. The second-order valence-electron chi connectivity index (χ2n) is 6.62. The van der Waals surface area contributed by atoms with Crippen LogP contribution in [0.3, 0.4) is 0 Å². The molecule has 2 heterocycles. The summed E-state index contributed by atoms with van der Waals surface area (Å²) in [5, 5.41) is 0.956. The Morgan fingerprint density at radius 1 is 0.808 bits per heavy atom. The number of aromatic amines is 1. The number of nitrogens with one attached hydrogen (secondary N) is 1. The van der Waals surface area contributed by atoms with Crippen LogP contribution in [0.15, 0.2) is 54.6 Å². The molecule has 1 saturated heterocycles. The molecule has 0 saturated carbocycles. The molecule has 132 valence electrons. The highest BCUT2D eigenvalue weighted by molar-refractivity contribution is 6.08. The van der Waals surface area contributed by atoms with Crippen molar-refractivity contribution in [3.8, 4) is 0 Å². The third-order valence-corrected chi connectivity index (χ3v) is 4.98. The van der Waals surface area contributed by atoms with Crippen LogP contribution < -0.4 is 0 Å². The number of benzene rings is 2. The van der Waals surface area contributed by atoms with Crippen molar-refractivity contribution in [1.29, 1.82) is 0 Å². The van der Waals surface area contributed by atoms with Gasteiger partial charge in [-0.05, 0) is 25.1 Å². The van der Waals surface area contributed by atoms with E-state index < -0.39 is 0 Å². The molecule has 0 aliphatic carbocycles. The number of aromatic nitrogens is 1. The van der Waals surface area contributed by atoms with Crippen molar-refractivity contribution in [1.82, 2.24) is 14.8 Å². The van der Waals surface area contributed by atoms with Gasteiger partial charge in [0.25, 0.3) is 11.8 Å². The first-order chi connectivity index (χ1) is 12.6. The molecule has 4 rings (SSSR count). The summed E-state index contributed by atoms with van der Waals surface area (Å²) in [5.41, 5.74) is 3.30. The quantitative estimate of drug-likeness (QED) is 0.774. The molecule has 0 bridgehead atoms. The molecule has 1 fully saturated rings. The van der Waals surface area contributed by atoms with Crippen molar-refractivity contribution < 1.29 is 9.59 Å². The largest absolute Gasteiger partial charge is 0.358 e. The second-order valence-corrected chi connectivity index (χ2v) is 6.62. The van der Waals surface area contributed by atoms with E-state index in [1.807, 2.05) is 71.3 Å². The summed E-state index contributed by atoms with van der Waals surface area (Å²) in [6, 6.07) is 17.2. The van der Waals surface area contributed by atoms with Gasteiger partial charge in [-0.3, -0.25) is 9.59 Å². The molecular weight excluding hydrogens is 326 g/mol. The molecule has 5 heteroatoms. The molecule has 1 aliphatic rings. The maximum atomic E-state index is 13.0. The fourth-order valence-corrected chi connectivity index (χ4v) is 3.59. The van der Waals surface area contributed by atoms with Gasteiger partial charge in [0, 0.05) is 48.3 Å². The molecule has 5 nitrogen and oxygen atoms in total. The molecule has 26 heavy (non-hydrogen) atoms. The predicted molar refractivity (Wildman–Crippen MR) is 101 cm³/mol. The van der Waals surface area contributed by atoms with Crippen molar-refractivity contribution in [3.63, 3.8) is 0 Å². The molecule has 0 atom stereocenters. The van der Waals surface area contributed by atoms with Gasteiger partial charge in [0.2, 0.25) is 0 Å². The van der Waals surface area contributed by atoms with Crippen molar-refractivity contribution in [2.75, 3.05) is 26.2 Å². The Hall–Kier alpha value is -3.08. The lowest BCUT2D eigenvalue weighted by molar-refractivity contribution is 0.0536. The van der Waals surface area contributed by atoms with Gasteiger partial charge in [0.15, 0.2) is 0 Å². The van der Waals surface area contributed by atoms with E-state index in [4.69, 9.17) is 0 Å². The highest BCUT2D eigenvalue weighted by Crippen LogP contribution is 2.24. The SMILES string of the molecule is Cc1[nH]c2ccccc2c1C(=O)N1CCN(C(=O)c2ccccc2)CC1. The third kappa shape index (κ3) is 2.86. The number of nitrogens with zero attached hydrogens (tertiary/aromatic N) is 2. The highest BCUT2D eigenvalue weighted by atomic mass is 16.2. The number of amides is 2. The van der Waals surface area contributed by atoms with Gasteiger partial charge < -0.3 is 14.8 Å². The van der Waals surface area contributed by atoms with E-state index in [1.165, 1.54) is 0 Å². The highest BCUT2D eigenvalue weighted by Gasteiger charge is 2.27. The first-order valence-electron chi connectivity index (χ1n) is 8.86. The lowest BCUT2D eigenvalue weighted by Gasteiger charge is -2.35. The minimum Gasteiger partial charge on any atom is -0.358 e. The molecule has 1 aliphatic heterocycles. The zero-order chi connectivity index (χ0) is 18.1. The number of carbonyl (C=O) groups excluding carboxylic acids is 2. The first-order valence-corrected chi connectivity index (χ1v) is 8.86. The van der Waals surface area contributed by atoms with Gasteiger partial charge >= 0.3 is 0 Å². The number of hydrogen-bond donors (Lipinski definition) is 1. The minimum absolute atomic E-state index is 0.0287. The van der Waals surface area contributed by atoms with Gasteiger partial charge in [-0.2, -0.15) is 0 Å². The Balaban J connectivity index is 1.48. The van der Waals surface area contributed by atoms with Crippen molar-refractivity contribution in [2.45, 2.75) is 6.92 Å². The Kier molecular flexibility index (Phi) is 4.21. The lowest BCUT2D eigenvalue weighted by atomic mass is 10.1. The normalized spacial score (nSPS) is 14.7. The molecule has 0 radical (unpaired) electrons. The summed E-state index contributed by atoms with van der Waals surface area (Å²) in [5.74, 6) is 0.0627. The average molecular weight is 347 g/mol. The van der Waals surface area contributed by atoms with Gasteiger partial charge in [0.1, 0.15) is 0 Å². The van der Waals surface area contributed by atoms with Crippen LogP contribution in [0.25, 0.3) is 10.9 Å². The molecule has 1 aromatic heterocycles. The van der Waals surface area contributed by atoms with E-state index in [0.717, 1.165) is 22.2 Å². The first kappa shape index (κ1) is 16.4. The fourth-order valence-electron chi connectivity index (χ4n) is 3.59. The zero-order valence-corrected chi connectivity index (χ0v) is 14.7. The molecule has 2 amide bonds. The number of rotatable bonds is 2. The van der Waals surface area contributed by atoms with Crippen LogP contribution in [0.5, 0.6) is 0 Å². The number of H-pyrrole nitrogens is 1. The second kappa shape index (κ2) is 6.67. The topological polar surface area (TPSA) is 56.4 Å². The van der Waals surface area contributed by atoms with Gasteiger partial charge in [-0.25, -0.2) is 0 Å². The number of piperazine rings is 1. The zero-order valence-electron chi connectivity index (χ0n) is 14.7. The van der Waals surface area contributed by atoms with Crippen LogP contribution >= 0.6 is 0 Å². The number of para-hydroxylation sites is 1. The lowest BCUT2D eigenvalue weighted by Crippen LogP contribution is -2.50. The molecule has 0 spiro atoms. The molecule has 0 unspecified atom stereocenters. The van der Waals surface area contributed by atoms with Gasteiger partial charge in [0.05, 0.1) is 5.56 Å². The van der Waals surface area contributed by atoms with Crippen LogP contribution in [0.4, 0.5) is 0 Å². The summed E-state index contributed by atoms with van der Waals surface area (Å²) in [6.45, 7) is 4.15. The van der Waals surface area contributed by atoms with Crippen molar-refractivity contribution >= 4 is 22.7 Å². The van der Waals surface area contributed by atoms with E-state index in [9.17, 15) is 9.59 Å². The summed E-state index contributed by atoms with van der Waals surface area (Å²) in [4.78, 5) is 32.5. The average Bonchev–Trinajstić information content (AvgIpc) is 3.03. The van der Waals surface area contributed by atoms with E-state index in [2.05, 4.69) is 4.98 Å². The van der Waals surface area contributed by atoms with E-state index >= 15 is 0 Å². The number of hydrogen-bond acceptors (Lipinski definition) is 2. The van der Waals surface area contributed by atoms with Crippen LogP contribution in [0, 0.1) is 6.92 Å². The minimum atomic E-state index is 0.0287. The smallest absolute Gasteiger partial charge is 0.256 e. The van der Waals surface area contributed by atoms with Crippen molar-refractivity contribution in [3.05, 3.63) is 71.4 Å². The van der Waals surface area contributed by atoms with Crippen LogP contribution in [-0.2, 0) is 0 Å². The summed E-state index contributed by atoms with van der Waals surface area (Å²) in [6.07, 6.45) is 0. The molecule has 2 aromatic carbocycles. The number of fused-ring (bicyclic) bond motifs is 1. The van der Waals surface area contributed by atoms with Crippen molar-refractivity contribution in [2.24, 2.45) is 0 Å². The number of carbonyl (C=O) groups is 2. The standard InChI is InChI=1S/C21H21N3O2/c1-15-19(17-9-5-6-10-18(17)22-15)21(26)24-13-11-23(12-14-24)20(25)16-7-3-2-4-8-16/h2-10,22H,11-14H2,1H3. The summed E-state index contributed by atoms with van der Waals surface area (Å²) >= 11 is 0. The molecule has 3 aromatic rings. The van der Waals surface area contributed by atoms with Crippen LogP contribution in [0.2, 0.25) is 0 Å². The fraction of sp³-hybridized carbons (Fsp3) is 0.238. The maximum absolute atomic E-state index is 13.0. The summed E-state index contributed by atoms with van der Waals surface area (Å²) in [7, 11) is 0. The van der Waals surface area contributed by atoms with Gasteiger partial charge in [-0.1, -0.05) is 36.4 Å². The molecule has 1 N–H and O–H groups in total. The maximum Gasteiger partial charge on any atom is 0.256 e. The summed E-state index contributed by atoms with van der Waals surface area (Å²) < 4.78 is 0. The molecular formula is C21H21N3O2. The van der Waals surface area contributed by atoms with E-state index in [1.54, 1.807) is 0 Å². The predicted octanol–water partition coefficient (Wildman–Crippen LogP) is 3.07. The van der Waals surface area contributed by atoms with E-state index in [0.29, 0.717) is 31.7 Å². The van der Waals surface area contributed by atoms with E-state index in [-0.39, 0.29) is 11.8 Å². The monoisotopic (exact) mass is 347 g/mol. The van der Waals surface area contributed by atoms with Crippen LogP contribution in [0.1, 0.15) is 26.4 Å². The number of aryl methyl sites for hydroxylation is 1. The third-order valence-electron chi connectivity index (χ3n) is 4.98. The van der Waals surface area contributed by atoms with Gasteiger partial charge in [-0.15, -0.1) is 0 Å². The Morgan fingerprint density at radius 3 is 2.08 bits per heavy atom. The Labute approximate surface area is 152 Å². The Bertz CT molecular complexity index is 954.